The molecule has 1 aromatic heterocycles. The molecule has 0 fully saturated rings. The summed E-state index contributed by atoms with van der Waals surface area (Å²) in [6, 6.07) is 13.8. The summed E-state index contributed by atoms with van der Waals surface area (Å²) in [4.78, 5) is 34.3. The number of rotatable bonds is 4. The summed E-state index contributed by atoms with van der Waals surface area (Å²) >= 11 is 0. The maximum Gasteiger partial charge on any atom is 0.322 e. The number of carbonyl (C=O) groups excluding carboxylic acids is 1. The van der Waals surface area contributed by atoms with E-state index >= 15 is 0 Å². The van der Waals surface area contributed by atoms with Crippen LogP contribution in [0.5, 0.6) is 0 Å². The fourth-order valence-corrected chi connectivity index (χ4v) is 3.73. The van der Waals surface area contributed by atoms with Crippen molar-refractivity contribution in [3.8, 4) is 0 Å². The third-order valence-corrected chi connectivity index (χ3v) is 5.49. The van der Waals surface area contributed by atoms with Gasteiger partial charge in [0.25, 0.3) is 5.56 Å². The van der Waals surface area contributed by atoms with Crippen LogP contribution in [0.25, 0.3) is 0 Å². The van der Waals surface area contributed by atoms with Crippen molar-refractivity contribution < 1.29 is 9.18 Å². The van der Waals surface area contributed by atoms with Crippen LogP contribution in [-0.4, -0.2) is 27.4 Å². The van der Waals surface area contributed by atoms with Gasteiger partial charge in [-0.2, -0.15) is 0 Å². The monoisotopic (exact) mass is 420 g/mol. The summed E-state index contributed by atoms with van der Waals surface area (Å²) < 4.78 is 13.4. The molecule has 1 aliphatic rings. The lowest BCUT2D eigenvalue weighted by Gasteiger charge is -2.28. The molecule has 0 aliphatic carbocycles. The Bertz CT molecular complexity index is 1150. The molecule has 2 amide bonds. The van der Waals surface area contributed by atoms with Crippen molar-refractivity contribution >= 4 is 11.7 Å². The summed E-state index contributed by atoms with van der Waals surface area (Å²) in [5.74, 6) is 0.601. The fraction of sp³-hybridized carbons (Fsp3) is 0.292. The molecule has 0 spiro atoms. The molecule has 4 rings (SSSR count). The van der Waals surface area contributed by atoms with Gasteiger partial charge in [-0.3, -0.25) is 4.79 Å². The van der Waals surface area contributed by atoms with Gasteiger partial charge in [0.1, 0.15) is 11.6 Å². The predicted molar refractivity (Wildman–Crippen MR) is 118 cm³/mol. The summed E-state index contributed by atoms with van der Waals surface area (Å²) in [7, 11) is 0. The normalized spacial score (nSPS) is 13.2. The molecule has 0 atom stereocenters. The maximum absolute atomic E-state index is 13.4. The number of fused-ring (bicyclic) bond motifs is 1. The average Bonchev–Trinajstić information content (AvgIpc) is 2.74. The van der Waals surface area contributed by atoms with E-state index in [1.165, 1.54) is 17.7 Å². The van der Waals surface area contributed by atoms with Crippen molar-refractivity contribution in [2.75, 3.05) is 11.9 Å². The second kappa shape index (κ2) is 8.71. The number of aromatic nitrogens is 2. The van der Waals surface area contributed by atoms with Crippen molar-refractivity contribution in [3.05, 3.63) is 92.9 Å². The van der Waals surface area contributed by atoms with Crippen LogP contribution in [0.4, 0.5) is 14.9 Å². The molecular formula is C24H25FN4O2. The molecule has 2 N–H and O–H groups in total. The number of halogens is 1. The zero-order chi connectivity index (χ0) is 22.0. The van der Waals surface area contributed by atoms with Crippen LogP contribution in [0.3, 0.4) is 0 Å². The van der Waals surface area contributed by atoms with Crippen LogP contribution in [0, 0.1) is 5.82 Å². The molecule has 0 saturated carbocycles. The number of hydrogen-bond acceptors (Lipinski definition) is 3. The number of urea groups is 1. The van der Waals surface area contributed by atoms with E-state index in [4.69, 9.17) is 0 Å². The molecule has 0 radical (unpaired) electrons. The van der Waals surface area contributed by atoms with E-state index in [1.54, 1.807) is 17.0 Å². The largest absolute Gasteiger partial charge is 0.322 e. The van der Waals surface area contributed by atoms with Crippen molar-refractivity contribution in [2.24, 2.45) is 0 Å². The number of nitrogens with one attached hydrogen (secondary N) is 2. The SMILES string of the molecule is CC(C)c1ccc(NC(=O)N2CCc3nc(Cc4cccc(F)c4)[nH]c(=O)c3C2)cc1. The van der Waals surface area contributed by atoms with Gasteiger partial charge in [-0.15, -0.1) is 0 Å². The Morgan fingerprint density at radius 3 is 2.71 bits per heavy atom. The molecule has 0 unspecified atom stereocenters. The van der Waals surface area contributed by atoms with E-state index in [9.17, 15) is 14.0 Å². The van der Waals surface area contributed by atoms with Crippen LogP contribution in [0.2, 0.25) is 0 Å². The maximum atomic E-state index is 13.4. The van der Waals surface area contributed by atoms with E-state index in [0.717, 1.165) is 11.3 Å². The third kappa shape index (κ3) is 4.82. The van der Waals surface area contributed by atoms with Crippen LogP contribution >= 0.6 is 0 Å². The second-order valence-electron chi connectivity index (χ2n) is 8.12. The molecule has 1 aliphatic heterocycles. The zero-order valence-corrected chi connectivity index (χ0v) is 17.6. The Balaban J connectivity index is 1.45. The predicted octanol–water partition coefficient (Wildman–Crippen LogP) is 4.21. The van der Waals surface area contributed by atoms with Crippen molar-refractivity contribution in [1.82, 2.24) is 14.9 Å². The first kappa shape index (κ1) is 20.8. The van der Waals surface area contributed by atoms with E-state index in [-0.39, 0.29) is 24.0 Å². The number of carbonyl (C=O) groups is 1. The van der Waals surface area contributed by atoms with Gasteiger partial charge in [0.15, 0.2) is 0 Å². The van der Waals surface area contributed by atoms with Gasteiger partial charge >= 0.3 is 6.03 Å². The number of benzene rings is 2. The van der Waals surface area contributed by atoms with Gasteiger partial charge in [-0.1, -0.05) is 38.1 Å². The highest BCUT2D eigenvalue weighted by molar-refractivity contribution is 5.89. The molecule has 3 aromatic rings. The molecule has 31 heavy (non-hydrogen) atoms. The minimum absolute atomic E-state index is 0.202. The number of nitrogens with zero attached hydrogens (tertiary/aromatic N) is 2. The Labute approximate surface area is 180 Å². The number of hydrogen-bond donors (Lipinski definition) is 2. The summed E-state index contributed by atoms with van der Waals surface area (Å²) in [5, 5.41) is 2.90. The van der Waals surface area contributed by atoms with E-state index < -0.39 is 0 Å². The molecule has 0 saturated heterocycles. The van der Waals surface area contributed by atoms with E-state index in [1.807, 2.05) is 24.3 Å². The summed E-state index contributed by atoms with van der Waals surface area (Å²) in [6.07, 6.45) is 0.839. The van der Waals surface area contributed by atoms with Gasteiger partial charge in [-0.05, 0) is 41.3 Å². The van der Waals surface area contributed by atoms with Crippen molar-refractivity contribution in [1.29, 1.82) is 0 Å². The van der Waals surface area contributed by atoms with Crippen LogP contribution in [0.1, 0.15) is 48.0 Å². The minimum Gasteiger partial charge on any atom is -0.320 e. The molecular weight excluding hydrogens is 395 g/mol. The van der Waals surface area contributed by atoms with Crippen molar-refractivity contribution in [3.63, 3.8) is 0 Å². The lowest BCUT2D eigenvalue weighted by atomic mass is 10.0. The molecule has 7 heteroatoms. The minimum atomic E-state index is -0.321. The fourth-order valence-electron chi connectivity index (χ4n) is 3.73. The zero-order valence-electron chi connectivity index (χ0n) is 17.6. The number of H-pyrrole nitrogens is 1. The first-order valence-corrected chi connectivity index (χ1v) is 10.4. The Morgan fingerprint density at radius 1 is 1.23 bits per heavy atom. The van der Waals surface area contributed by atoms with E-state index in [0.29, 0.717) is 42.4 Å². The topological polar surface area (TPSA) is 78.1 Å². The lowest BCUT2D eigenvalue weighted by molar-refractivity contribution is 0.205. The van der Waals surface area contributed by atoms with Crippen LogP contribution in [-0.2, 0) is 19.4 Å². The van der Waals surface area contributed by atoms with Gasteiger partial charge in [0.2, 0.25) is 0 Å². The summed E-state index contributed by atoms with van der Waals surface area (Å²) in [5.41, 5.74) is 3.60. The molecule has 0 bridgehead atoms. The highest BCUT2D eigenvalue weighted by atomic mass is 19.1. The Kier molecular flexibility index (Phi) is 5.84. The lowest BCUT2D eigenvalue weighted by Crippen LogP contribution is -2.42. The van der Waals surface area contributed by atoms with Gasteiger partial charge < -0.3 is 15.2 Å². The third-order valence-electron chi connectivity index (χ3n) is 5.49. The Hall–Kier alpha value is -3.48. The van der Waals surface area contributed by atoms with Gasteiger partial charge in [0, 0.05) is 25.1 Å². The van der Waals surface area contributed by atoms with Crippen LogP contribution < -0.4 is 10.9 Å². The molecule has 6 nitrogen and oxygen atoms in total. The second-order valence-corrected chi connectivity index (χ2v) is 8.12. The van der Waals surface area contributed by atoms with Crippen molar-refractivity contribution in [2.45, 2.75) is 39.2 Å². The van der Waals surface area contributed by atoms with Gasteiger partial charge in [0.05, 0.1) is 17.8 Å². The highest BCUT2D eigenvalue weighted by Crippen LogP contribution is 2.19. The molecule has 2 aromatic carbocycles. The standard InChI is InChI=1S/C24H25FN4O2/c1-15(2)17-6-8-19(9-7-17)26-24(31)29-11-10-21-20(14-29)23(30)28-22(27-21)13-16-4-3-5-18(25)12-16/h3-9,12,15H,10-11,13-14H2,1-2H3,(H,26,31)(H,27,28,30). The summed E-state index contributed by atoms with van der Waals surface area (Å²) in [6.45, 7) is 4.91. The van der Waals surface area contributed by atoms with E-state index in [2.05, 4.69) is 29.1 Å². The Morgan fingerprint density at radius 2 is 2.00 bits per heavy atom. The number of amides is 2. The number of anilines is 1. The molecule has 160 valence electrons. The average molecular weight is 420 g/mol. The molecule has 2 heterocycles. The smallest absolute Gasteiger partial charge is 0.320 e. The first-order chi connectivity index (χ1) is 14.9. The number of aromatic amines is 1. The first-order valence-electron chi connectivity index (χ1n) is 10.4. The van der Waals surface area contributed by atoms with Crippen LogP contribution in [0.15, 0.2) is 53.3 Å². The quantitative estimate of drug-likeness (QED) is 0.664. The van der Waals surface area contributed by atoms with Gasteiger partial charge in [-0.25, -0.2) is 14.2 Å². The highest BCUT2D eigenvalue weighted by Gasteiger charge is 2.24.